The molecule has 1 saturated carbocycles. The van der Waals surface area contributed by atoms with Crippen LogP contribution in [0.3, 0.4) is 0 Å². The normalized spacial score (nSPS) is 37.8. The van der Waals surface area contributed by atoms with Crippen LogP contribution in [-0.2, 0) is 14.3 Å². The van der Waals surface area contributed by atoms with Crippen molar-refractivity contribution in [2.45, 2.75) is 19.1 Å². The van der Waals surface area contributed by atoms with Crippen molar-refractivity contribution in [2.75, 3.05) is 13.2 Å². The van der Waals surface area contributed by atoms with E-state index in [2.05, 4.69) is 0 Å². The summed E-state index contributed by atoms with van der Waals surface area (Å²) in [7, 11) is 0. The molecule has 2 aliphatic heterocycles. The maximum atomic E-state index is 12.6. The number of piperidine rings is 1. The molecule has 2 aliphatic carbocycles. The Hall–Kier alpha value is -2.35. The van der Waals surface area contributed by atoms with Crippen molar-refractivity contribution in [1.29, 1.82) is 0 Å². The fourth-order valence-corrected chi connectivity index (χ4v) is 4.29. The van der Waals surface area contributed by atoms with Crippen LogP contribution in [0.5, 0.6) is 0 Å². The number of carbonyl (C=O) groups is 3. The molecule has 23 heavy (non-hydrogen) atoms. The first-order valence-corrected chi connectivity index (χ1v) is 7.50. The van der Waals surface area contributed by atoms with Crippen LogP contribution in [0.2, 0.25) is 0 Å². The van der Waals surface area contributed by atoms with Crippen molar-refractivity contribution >= 4 is 17.7 Å². The molecule has 4 rings (SSSR count). The number of ketones is 2. The standard InChI is InChI=1S/C15H17N3O5/c1-5-10(16)13(20)9-8(4-23-14(17)21)15(22)7-2-6(7)3-18(15)11(9)12(5)19/h6-8,22H,2-4,16H2,1H3,(H2,17,21)/t6-,7-,8+,15-/m0/s1. The Bertz CT molecular complexity index is 739. The lowest BCUT2D eigenvalue weighted by molar-refractivity contribution is -0.127. The summed E-state index contributed by atoms with van der Waals surface area (Å²) in [6.07, 6.45) is -0.168. The first-order valence-electron chi connectivity index (χ1n) is 7.50. The number of primary amides is 1. The summed E-state index contributed by atoms with van der Waals surface area (Å²) in [4.78, 5) is 37.8. The van der Waals surface area contributed by atoms with Gasteiger partial charge in [0.05, 0.1) is 17.3 Å². The number of nitrogens with zero attached hydrogens (tertiary/aromatic N) is 1. The summed E-state index contributed by atoms with van der Waals surface area (Å²) in [5.74, 6) is -1.40. The largest absolute Gasteiger partial charge is 0.449 e. The molecule has 0 aromatic carbocycles. The van der Waals surface area contributed by atoms with Gasteiger partial charge in [0.25, 0.3) is 0 Å². The van der Waals surface area contributed by atoms with E-state index in [-0.39, 0.29) is 46.8 Å². The number of aliphatic hydroxyl groups is 1. The van der Waals surface area contributed by atoms with Crippen LogP contribution in [-0.4, -0.2) is 46.5 Å². The van der Waals surface area contributed by atoms with Crippen molar-refractivity contribution in [3.63, 3.8) is 0 Å². The third-order valence-corrected chi connectivity index (χ3v) is 5.55. The zero-order chi connectivity index (χ0) is 16.7. The average molecular weight is 319 g/mol. The van der Waals surface area contributed by atoms with Gasteiger partial charge in [-0.15, -0.1) is 0 Å². The van der Waals surface area contributed by atoms with E-state index in [0.717, 1.165) is 6.42 Å². The van der Waals surface area contributed by atoms with Gasteiger partial charge in [-0.25, -0.2) is 4.79 Å². The molecule has 8 nitrogen and oxygen atoms in total. The number of carbonyl (C=O) groups excluding carboxylic acids is 3. The van der Waals surface area contributed by atoms with Crippen LogP contribution in [0.1, 0.15) is 13.3 Å². The highest BCUT2D eigenvalue weighted by molar-refractivity contribution is 6.25. The number of allylic oxidation sites excluding steroid dienone is 2. The van der Waals surface area contributed by atoms with Gasteiger partial charge in [-0.05, 0) is 19.3 Å². The maximum absolute atomic E-state index is 12.6. The van der Waals surface area contributed by atoms with Gasteiger partial charge >= 0.3 is 6.09 Å². The van der Waals surface area contributed by atoms with Gasteiger partial charge in [-0.2, -0.15) is 0 Å². The second-order valence-corrected chi connectivity index (χ2v) is 6.64. The van der Waals surface area contributed by atoms with E-state index in [1.807, 2.05) is 0 Å². The predicted octanol–water partition coefficient (Wildman–Crippen LogP) is -1.01. The Balaban J connectivity index is 1.82. The topological polar surface area (TPSA) is 136 Å². The van der Waals surface area contributed by atoms with Crippen LogP contribution in [0, 0.1) is 17.8 Å². The number of rotatable bonds is 2. The van der Waals surface area contributed by atoms with Gasteiger partial charge in [-0.1, -0.05) is 0 Å². The van der Waals surface area contributed by atoms with Crippen molar-refractivity contribution in [2.24, 2.45) is 29.2 Å². The lowest BCUT2D eigenvalue weighted by Crippen LogP contribution is -2.50. The molecule has 0 unspecified atom stereocenters. The second kappa shape index (κ2) is 4.14. The molecule has 0 bridgehead atoms. The fraction of sp³-hybridized carbons (Fsp3) is 0.533. The van der Waals surface area contributed by atoms with Crippen LogP contribution >= 0.6 is 0 Å². The number of ether oxygens (including phenoxy) is 1. The molecule has 2 heterocycles. The van der Waals surface area contributed by atoms with Crippen LogP contribution in [0.4, 0.5) is 4.79 Å². The Labute approximate surface area is 131 Å². The van der Waals surface area contributed by atoms with E-state index >= 15 is 0 Å². The van der Waals surface area contributed by atoms with E-state index in [4.69, 9.17) is 16.2 Å². The fourth-order valence-electron chi connectivity index (χ4n) is 4.29. The zero-order valence-electron chi connectivity index (χ0n) is 12.5. The molecule has 0 aromatic heterocycles. The van der Waals surface area contributed by atoms with Crippen LogP contribution < -0.4 is 11.5 Å². The predicted molar refractivity (Wildman–Crippen MR) is 76.2 cm³/mol. The first kappa shape index (κ1) is 14.3. The lowest BCUT2D eigenvalue weighted by atomic mass is 9.82. The van der Waals surface area contributed by atoms with E-state index < -0.39 is 23.5 Å². The number of fused-ring (bicyclic) bond motifs is 4. The highest BCUT2D eigenvalue weighted by Crippen LogP contribution is 2.63. The SMILES string of the molecule is CC1=C(N)C(=O)C2=C(C1=O)N1C[C@@H]3C[C@@H]3[C@]1(O)[C@@H]2COC(N)=O. The molecular formula is C15H17N3O5. The van der Waals surface area contributed by atoms with Gasteiger partial charge in [0.2, 0.25) is 11.6 Å². The lowest BCUT2D eigenvalue weighted by Gasteiger charge is -2.36. The third kappa shape index (κ3) is 1.56. The average Bonchev–Trinajstić information content (AvgIpc) is 3.15. The number of hydrogen-bond donors (Lipinski definition) is 3. The van der Waals surface area contributed by atoms with Crippen molar-refractivity contribution in [3.05, 3.63) is 22.5 Å². The molecule has 2 fully saturated rings. The van der Waals surface area contributed by atoms with Crippen molar-refractivity contribution in [3.8, 4) is 0 Å². The second-order valence-electron chi connectivity index (χ2n) is 6.64. The number of Topliss-reactive ketones (excluding diaryl/α,β-unsaturated/α-hetero) is 2. The molecule has 1 saturated heterocycles. The summed E-state index contributed by atoms with van der Waals surface area (Å²) >= 11 is 0. The molecule has 0 aromatic rings. The highest BCUT2D eigenvalue weighted by atomic mass is 16.5. The Kier molecular flexibility index (Phi) is 2.56. The van der Waals surface area contributed by atoms with E-state index in [0.29, 0.717) is 6.54 Å². The summed E-state index contributed by atoms with van der Waals surface area (Å²) < 4.78 is 4.86. The minimum Gasteiger partial charge on any atom is -0.449 e. The van der Waals surface area contributed by atoms with Gasteiger partial charge in [0, 0.05) is 23.6 Å². The molecule has 4 aliphatic rings. The first-order chi connectivity index (χ1) is 10.8. The molecule has 122 valence electrons. The summed E-state index contributed by atoms with van der Waals surface area (Å²) in [6, 6.07) is 0. The quantitative estimate of drug-likeness (QED) is 0.555. The van der Waals surface area contributed by atoms with E-state index in [1.165, 1.54) is 6.92 Å². The van der Waals surface area contributed by atoms with E-state index in [1.54, 1.807) is 4.90 Å². The zero-order valence-corrected chi connectivity index (χ0v) is 12.5. The Morgan fingerprint density at radius 2 is 2.13 bits per heavy atom. The molecule has 0 radical (unpaired) electrons. The number of hydrogen-bond acceptors (Lipinski definition) is 7. The molecule has 5 N–H and O–H groups in total. The highest BCUT2D eigenvalue weighted by Gasteiger charge is 2.71. The molecule has 0 spiro atoms. The van der Waals surface area contributed by atoms with E-state index in [9.17, 15) is 19.5 Å². The minimum absolute atomic E-state index is 0.0447. The monoisotopic (exact) mass is 319 g/mol. The smallest absolute Gasteiger partial charge is 0.404 e. The minimum atomic E-state index is -1.39. The molecule has 8 heteroatoms. The number of amides is 1. The van der Waals surface area contributed by atoms with Crippen molar-refractivity contribution in [1.82, 2.24) is 4.90 Å². The summed E-state index contributed by atoms with van der Waals surface area (Å²) in [5.41, 5.74) is 9.82. The Morgan fingerprint density at radius 3 is 2.78 bits per heavy atom. The summed E-state index contributed by atoms with van der Waals surface area (Å²) in [5, 5.41) is 11.2. The molecular weight excluding hydrogens is 302 g/mol. The van der Waals surface area contributed by atoms with Gasteiger partial charge < -0.3 is 26.2 Å². The third-order valence-electron chi connectivity index (χ3n) is 5.55. The van der Waals surface area contributed by atoms with Gasteiger partial charge in [0.15, 0.2) is 5.72 Å². The molecule has 4 atom stereocenters. The summed E-state index contributed by atoms with van der Waals surface area (Å²) in [6.45, 7) is 1.76. The number of nitrogens with two attached hydrogens (primary N) is 2. The molecule has 1 amide bonds. The van der Waals surface area contributed by atoms with Crippen LogP contribution in [0.25, 0.3) is 0 Å². The van der Waals surface area contributed by atoms with Crippen LogP contribution in [0.15, 0.2) is 22.5 Å². The van der Waals surface area contributed by atoms with Gasteiger partial charge in [-0.3, -0.25) is 9.59 Å². The van der Waals surface area contributed by atoms with Gasteiger partial charge in [0.1, 0.15) is 6.61 Å². The Morgan fingerprint density at radius 1 is 1.43 bits per heavy atom. The maximum Gasteiger partial charge on any atom is 0.404 e. The van der Waals surface area contributed by atoms with Crippen molar-refractivity contribution < 1.29 is 24.2 Å².